The highest BCUT2D eigenvalue weighted by molar-refractivity contribution is 5.74. The van der Waals surface area contributed by atoms with Crippen LogP contribution >= 0.6 is 0 Å². The number of carboxylic acids is 1. The predicted molar refractivity (Wildman–Crippen MR) is 79.5 cm³/mol. The number of fused-ring (bicyclic) bond motifs is 1. The minimum absolute atomic E-state index is 0.220. The summed E-state index contributed by atoms with van der Waals surface area (Å²) in [6.45, 7) is 6.57. The van der Waals surface area contributed by atoms with Gasteiger partial charge in [0.2, 0.25) is 0 Å². The van der Waals surface area contributed by atoms with Crippen LogP contribution in [0.25, 0.3) is 0 Å². The first-order chi connectivity index (χ1) is 9.40. The van der Waals surface area contributed by atoms with Crippen molar-refractivity contribution in [1.29, 1.82) is 0 Å². The molecular formula is C16H23NO3. The average Bonchev–Trinajstić information content (AvgIpc) is 2.74. The van der Waals surface area contributed by atoms with Crippen LogP contribution in [0.15, 0.2) is 18.2 Å². The fourth-order valence-corrected chi connectivity index (χ4v) is 3.05. The number of rotatable bonds is 5. The Hall–Kier alpha value is -1.71. The minimum atomic E-state index is -0.739. The van der Waals surface area contributed by atoms with Crippen molar-refractivity contribution in [2.75, 3.05) is 18.6 Å². The lowest BCUT2D eigenvalue weighted by Gasteiger charge is -2.31. The molecule has 2 rings (SSSR count). The summed E-state index contributed by atoms with van der Waals surface area (Å²) in [5.74, 6) is 0.160. The number of anilines is 1. The zero-order valence-electron chi connectivity index (χ0n) is 12.6. The molecule has 1 unspecified atom stereocenters. The van der Waals surface area contributed by atoms with Crippen molar-refractivity contribution in [2.45, 2.75) is 39.7 Å². The third kappa shape index (κ3) is 2.47. The van der Waals surface area contributed by atoms with E-state index in [2.05, 4.69) is 17.9 Å². The van der Waals surface area contributed by atoms with Gasteiger partial charge in [-0.25, -0.2) is 0 Å². The maximum Gasteiger partial charge on any atom is 0.309 e. The first-order valence-corrected chi connectivity index (χ1v) is 7.06. The minimum Gasteiger partial charge on any atom is -0.496 e. The highest BCUT2D eigenvalue weighted by atomic mass is 16.5. The quantitative estimate of drug-likeness (QED) is 0.899. The van der Waals surface area contributed by atoms with Crippen molar-refractivity contribution >= 4 is 11.7 Å². The summed E-state index contributed by atoms with van der Waals surface area (Å²) in [6, 6.07) is 6.27. The lowest BCUT2D eigenvalue weighted by molar-refractivity contribution is -0.147. The number of ether oxygens (including phenoxy) is 1. The molecule has 0 saturated carbocycles. The van der Waals surface area contributed by atoms with Crippen LogP contribution in [0.5, 0.6) is 5.75 Å². The Kier molecular flexibility index (Phi) is 3.93. The summed E-state index contributed by atoms with van der Waals surface area (Å²) >= 11 is 0. The van der Waals surface area contributed by atoms with Crippen LogP contribution < -0.4 is 9.64 Å². The van der Waals surface area contributed by atoms with Gasteiger partial charge in [-0.15, -0.1) is 0 Å². The molecule has 110 valence electrons. The van der Waals surface area contributed by atoms with Gasteiger partial charge in [-0.1, -0.05) is 6.07 Å². The average molecular weight is 277 g/mol. The predicted octanol–water partition coefficient (Wildman–Crippen LogP) is 2.95. The van der Waals surface area contributed by atoms with Crippen LogP contribution in [0, 0.1) is 5.41 Å². The number of benzene rings is 1. The summed E-state index contributed by atoms with van der Waals surface area (Å²) in [6.07, 6.45) is 1.48. The molecule has 0 spiro atoms. The van der Waals surface area contributed by atoms with Gasteiger partial charge in [0, 0.05) is 23.8 Å². The Balaban J connectivity index is 2.29. The van der Waals surface area contributed by atoms with Crippen molar-refractivity contribution in [1.82, 2.24) is 0 Å². The molecule has 0 saturated heterocycles. The molecule has 1 atom stereocenters. The first-order valence-electron chi connectivity index (χ1n) is 7.06. The lowest BCUT2D eigenvalue weighted by atomic mass is 9.84. The summed E-state index contributed by atoms with van der Waals surface area (Å²) in [4.78, 5) is 13.7. The van der Waals surface area contributed by atoms with Crippen molar-refractivity contribution in [3.05, 3.63) is 23.8 Å². The Morgan fingerprint density at radius 2 is 2.20 bits per heavy atom. The molecule has 1 N–H and O–H groups in total. The second kappa shape index (κ2) is 5.35. The Morgan fingerprint density at radius 1 is 1.50 bits per heavy atom. The highest BCUT2D eigenvalue weighted by Crippen LogP contribution is 2.41. The van der Waals surface area contributed by atoms with Gasteiger partial charge in [-0.05, 0) is 45.7 Å². The molecule has 0 bridgehead atoms. The van der Waals surface area contributed by atoms with Crippen molar-refractivity contribution in [2.24, 2.45) is 5.41 Å². The van der Waals surface area contributed by atoms with Gasteiger partial charge in [0.1, 0.15) is 5.75 Å². The molecule has 1 heterocycles. The Bertz CT molecular complexity index is 510. The highest BCUT2D eigenvalue weighted by Gasteiger charge is 2.37. The van der Waals surface area contributed by atoms with Crippen molar-refractivity contribution in [3.63, 3.8) is 0 Å². The third-order valence-corrected chi connectivity index (χ3v) is 4.18. The molecule has 4 nitrogen and oxygen atoms in total. The van der Waals surface area contributed by atoms with Gasteiger partial charge in [0.15, 0.2) is 0 Å². The van der Waals surface area contributed by atoms with Crippen LogP contribution in [0.3, 0.4) is 0 Å². The topological polar surface area (TPSA) is 49.8 Å². The SMILES string of the molecule is CCN1c2cccc(OC)c2CC1CC(C)(C)C(=O)O. The normalized spacial score (nSPS) is 18.0. The number of hydrogen-bond donors (Lipinski definition) is 1. The van der Waals surface area contributed by atoms with Crippen LogP contribution in [0.1, 0.15) is 32.8 Å². The molecule has 1 aromatic carbocycles. The van der Waals surface area contributed by atoms with Crippen LogP contribution in [0.4, 0.5) is 5.69 Å². The fraction of sp³-hybridized carbons (Fsp3) is 0.562. The van der Waals surface area contributed by atoms with Gasteiger partial charge in [0.05, 0.1) is 12.5 Å². The van der Waals surface area contributed by atoms with E-state index < -0.39 is 11.4 Å². The lowest BCUT2D eigenvalue weighted by Crippen LogP contribution is -2.38. The third-order valence-electron chi connectivity index (χ3n) is 4.18. The monoisotopic (exact) mass is 277 g/mol. The molecule has 0 radical (unpaired) electrons. The van der Waals surface area contributed by atoms with Gasteiger partial charge >= 0.3 is 5.97 Å². The number of carbonyl (C=O) groups is 1. The molecule has 1 aliphatic heterocycles. The molecule has 0 fully saturated rings. The molecule has 0 aliphatic carbocycles. The zero-order chi connectivity index (χ0) is 14.9. The standard InChI is InChI=1S/C16H23NO3/c1-5-17-11(10-16(2,3)15(18)19)9-12-13(17)7-6-8-14(12)20-4/h6-8,11H,5,9-10H2,1-4H3,(H,18,19). The molecular weight excluding hydrogens is 254 g/mol. The Morgan fingerprint density at radius 3 is 2.75 bits per heavy atom. The van der Waals surface area contributed by atoms with E-state index in [4.69, 9.17) is 4.74 Å². The van der Waals surface area contributed by atoms with Crippen molar-refractivity contribution < 1.29 is 14.6 Å². The van der Waals surface area contributed by atoms with Crippen LogP contribution in [0.2, 0.25) is 0 Å². The number of nitrogens with zero attached hydrogens (tertiary/aromatic N) is 1. The summed E-state index contributed by atoms with van der Waals surface area (Å²) in [7, 11) is 1.68. The van der Waals surface area contributed by atoms with Crippen molar-refractivity contribution in [3.8, 4) is 5.75 Å². The van der Waals surface area contributed by atoms with Gasteiger partial charge in [-0.2, -0.15) is 0 Å². The summed E-state index contributed by atoms with van der Waals surface area (Å²) in [5.41, 5.74) is 1.66. The van der Waals surface area contributed by atoms with Crippen LogP contribution in [-0.4, -0.2) is 30.8 Å². The summed E-state index contributed by atoms with van der Waals surface area (Å²) in [5, 5.41) is 9.34. The largest absolute Gasteiger partial charge is 0.496 e. The molecule has 0 amide bonds. The fourth-order valence-electron chi connectivity index (χ4n) is 3.05. The van der Waals surface area contributed by atoms with Gasteiger partial charge in [0.25, 0.3) is 0 Å². The zero-order valence-corrected chi connectivity index (χ0v) is 12.6. The number of methoxy groups -OCH3 is 1. The molecule has 20 heavy (non-hydrogen) atoms. The Labute approximate surface area is 120 Å². The summed E-state index contributed by atoms with van der Waals surface area (Å²) < 4.78 is 5.43. The maximum atomic E-state index is 11.4. The number of hydrogen-bond acceptors (Lipinski definition) is 3. The first kappa shape index (κ1) is 14.7. The molecule has 1 aromatic rings. The molecule has 4 heteroatoms. The number of likely N-dealkylation sites (N-methyl/N-ethyl adjacent to an activating group) is 1. The van der Waals surface area contributed by atoms with E-state index in [1.54, 1.807) is 21.0 Å². The van der Waals surface area contributed by atoms with E-state index in [1.165, 1.54) is 11.3 Å². The smallest absolute Gasteiger partial charge is 0.309 e. The van der Waals surface area contributed by atoms with E-state index in [1.807, 2.05) is 12.1 Å². The second-order valence-electron chi connectivity index (χ2n) is 6.00. The van der Waals surface area contributed by atoms with Gasteiger partial charge in [-0.3, -0.25) is 4.79 Å². The molecule has 0 aromatic heterocycles. The maximum absolute atomic E-state index is 11.4. The van der Waals surface area contributed by atoms with Gasteiger partial charge < -0.3 is 14.7 Å². The number of aliphatic carboxylic acids is 1. The van der Waals surface area contributed by atoms with E-state index in [9.17, 15) is 9.90 Å². The van der Waals surface area contributed by atoms with E-state index in [0.29, 0.717) is 6.42 Å². The van der Waals surface area contributed by atoms with E-state index in [0.717, 1.165) is 18.7 Å². The second-order valence-corrected chi connectivity index (χ2v) is 6.00. The molecule has 1 aliphatic rings. The van der Waals surface area contributed by atoms with E-state index >= 15 is 0 Å². The van der Waals surface area contributed by atoms with Crippen LogP contribution in [-0.2, 0) is 11.2 Å². The number of carboxylic acid groups (broad SMARTS) is 1. The van der Waals surface area contributed by atoms with E-state index in [-0.39, 0.29) is 6.04 Å².